The number of hydrogen-bond acceptors (Lipinski definition) is 18. The Labute approximate surface area is 491 Å². The lowest BCUT2D eigenvalue weighted by Crippen LogP contribution is -2.55. The first kappa shape index (κ1) is 61.5. The monoisotopic (exact) mass is 1180 g/mol. The predicted octanol–water partition coefficient (Wildman–Crippen LogP) is 8.19. The van der Waals surface area contributed by atoms with Crippen molar-refractivity contribution >= 4 is 46.3 Å². The molecule has 5 N–H and O–H groups in total. The Balaban J connectivity index is 0.595. The van der Waals surface area contributed by atoms with E-state index >= 15 is 0 Å². The molecule has 2 aromatic carbocycles. The van der Waals surface area contributed by atoms with Gasteiger partial charge in [-0.05, 0) is 106 Å². The largest absolute Gasteiger partial charge is 0.491 e. The number of anilines is 2. The van der Waals surface area contributed by atoms with E-state index in [1.165, 1.54) is 41.3 Å². The minimum atomic E-state index is -2.94. The normalized spacial score (nSPS) is 16.2. The van der Waals surface area contributed by atoms with Crippen LogP contribution in [0.15, 0.2) is 89.1 Å². The number of halogens is 2. The third kappa shape index (κ3) is 17.5. The Morgan fingerprint density at radius 1 is 0.821 bits per heavy atom. The van der Waals surface area contributed by atoms with E-state index in [2.05, 4.69) is 41.7 Å². The number of alkyl halides is 2. The van der Waals surface area contributed by atoms with Gasteiger partial charge in [-0.3, -0.25) is 19.2 Å². The van der Waals surface area contributed by atoms with Crippen LogP contribution in [0.4, 0.5) is 20.3 Å². The van der Waals surface area contributed by atoms with Crippen molar-refractivity contribution in [3.05, 3.63) is 118 Å². The summed E-state index contributed by atoms with van der Waals surface area (Å²) in [6, 6.07) is 16.4. The molecule has 0 spiro atoms. The van der Waals surface area contributed by atoms with Crippen LogP contribution in [0.3, 0.4) is 0 Å². The summed E-state index contributed by atoms with van der Waals surface area (Å²) in [5, 5.41) is 21.7. The minimum Gasteiger partial charge on any atom is -0.491 e. The zero-order valence-corrected chi connectivity index (χ0v) is 48.3. The molecule has 2 aliphatic carbocycles. The lowest BCUT2D eigenvalue weighted by Gasteiger charge is -2.35. The SMILES string of the molecule is CN[C@@H](C)C(=O)N[C@H](C(=O)N1CCC[C@H]1c1nc(C(=O)c2cccc(OCCOCCOCCOCCOCCNCc3ccc(-n4cc(NC(=O)c5coc(-c6ccnc(NCC7CC7)c6)n5)c(C(F)F)n4)cc3)c2)cs1)C1CCCCC1. The molecule has 9 rings (SSSR count). The van der Waals surface area contributed by atoms with Gasteiger partial charge in [-0.25, -0.2) is 28.4 Å². The number of likely N-dealkylation sites (N-methyl/N-ethyl adjacent to an activating group) is 1. The molecule has 3 fully saturated rings. The number of ketones is 1. The number of ether oxygens (including phenoxy) is 5. The topological polar surface area (TPSA) is 247 Å². The maximum absolute atomic E-state index is 14.2. The molecule has 0 radical (unpaired) electrons. The second-order valence-corrected chi connectivity index (χ2v) is 22.0. The number of nitrogens with one attached hydrogen (secondary N) is 5. The third-order valence-corrected chi connectivity index (χ3v) is 15.9. The average Bonchev–Trinajstić information content (AvgIpc) is 4.11. The van der Waals surface area contributed by atoms with Crippen molar-refractivity contribution < 1.29 is 56.1 Å². The van der Waals surface area contributed by atoms with E-state index in [0.717, 1.165) is 62.1 Å². The maximum Gasteiger partial charge on any atom is 0.284 e. The Morgan fingerprint density at radius 2 is 1.56 bits per heavy atom. The average molecular weight is 1180 g/mol. The number of oxazole rings is 1. The van der Waals surface area contributed by atoms with E-state index in [0.29, 0.717) is 112 Å². The molecular formula is C60H75F2N11O10S. The summed E-state index contributed by atoms with van der Waals surface area (Å²) in [5.74, 6) is 0.942. The van der Waals surface area contributed by atoms with Crippen molar-refractivity contribution in [2.45, 2.75) is 95.8 Å². The van der Waals surface area contributed by atoms with Crippen molar-refractivity contribution in [2.75, 3.05) is 96.8 Å². The molecule has 3 atom stereocenters. The number of carbonyl (C=O) groups is 4. The van der Waals surface area contributed by atoms with Gasteiger partial charge in [0.1, 0.15) is 41.2 Å². The fourth-order valence-electron chi connectivity index (χ4n) is 9.97. The molecule has 3 amide bonds. The standard InChI is InChI=1S/C60H75F2N11O10S/c1-39(63-2)56(75)70-52(42-8-4-3-5-9-42)60(77)72-22-7-12-50(72)59-69-49(38-84-59)54(74)43-10-6-11-46(32-43)82-31-30-81-29-28-80-27-26-79-25-24-78-23-21-64-34-40-15-17-45(18-16-40)73-36-47(53(71-73)55(61)62)67-57(76)48-37-83-58(68-48)44-19-20-65-51(33-44)66-35-41-13-14-41/h6,10-11,15-20,32-33,36-39,41-42,50,52,55,63-64H,3-5,7-9,12-14,21-31,34-35H2,1-2H3,(H,65,66)(H,67,76)(H,70,75)/t39-,50-,52-/m0/s1. The Morgan fingerprint density at radius 3 is 2.29 bits per heavy atom. The van der Waals surface area contributed by atoms with Gasteiger partial charge in [0.15, 0.2) is 11.4 Å². The summed E-state index contributed by atoms with van der Waals surface area (Å²) in [5.41, 5.74) is 2.08. The highest BCUT2D eigenvalue weighted by atomic mass is 32.1. The van der Waals surface area contributed by atoms with E-state index in [-0.39, 0.29) is 53.4 Å². The number of nitrogens with zero attached hydrogens (tertiary/aromatic N) is 6. The summed E-state index contributed by atoms with van der Waals surface area (Å²) in [6.07, 6.45) is 10.2. The predicted molar refractivity (Wildman–Crippen MR) is 311 cm³/mol. The number of rotatable bonds is 34. The highest BCUT2D eigenvalue weighted by Crippen LogP contribution is 2.37. The summed E-state index contributed by atoms with van der Waals surface area (Å²) in [6.45, 7) is 7.83. The van der Waals surface area contributed by atoms with E-state index in [9.17, 15) is 28.0 Å². The first-order valence-electron chi connectivity index (χ1n) is 29.0. The van der Waals surface area contributed by atoms with Gasteiger partial charge >= 0.3 is 0 Å². The van der Waals surface area contributed by atoms with Crippen molar-refractivity contribution in [2.24, 2.45) is 11.8 Å². The van der Waals surface area contributed by atoms with Gasteiger partial charge in [-0.2, -0.15) is 5.10 Å². The molecule has 1 saturated heterocycles. The summed E-state index contributed by atoms with van der Waals surface area (Å²) >= 11 is 1.38. The van der Waals surface area contributed by atoms with E-state index in [1.54, 1.807) is 74.1 Å². The molecule has 0 unspecified atom stereocenters. The smallest absolute Gasteiger partial charge is 0.284 e. The number of aromatic nitrogens is 5. The van der Waals surface area contributed by atoms with Gasteiger partial charge < -0.3 is 59.6 Å². The van der Waals surface area contributed by atoms with Crippen LogP contribution in [0, 0.1) is 11.8 Å². The molecule has 4 aromatic heterocycles. The zero-order chi connectivity index (χ0) is 58.6. The quantitative estimate of drug-likeness (QED) is 0.0189. The fourth-order valence-corrected chi connectivity index (χ4v) is 10.9. The second-order valence-electron chi connectivity index (χ2n) is 21.1. The number of hydrogen-bond donors (Lipinski definition) is 5. The van der Waals surface area contributed by atoms with Crippen molar-refractivity contribution in [1.29, 1.82) is 0 Å². The van der Waals surface area contributed by atoms with E-state index in [1.807, 2.05) is 17.0 Å². The molecule has 0 bridgehead atoms. The molecule has 21 nitrogen and oxygen atoms in total. The number of pyridine rings is 1. The number of thiazole rings is 1. The van der Waals surface area contributed by atoms with Crippen LogP contribution >= 0.6 is 11.3 Å². The number of amides is 3. The van der Waals surface area contributed by atoms with Crippen LogP contribution in [-0.4, -0.2) is 151 Å². The highest BCUT2D eigenvalue weighted by Gasteiger charge is 2.40. The molecule has 6 aromatic rings. The molecule has 2 saturated carbocycles. The highest BCUT2D eigenvalue weighted by molar-refractivity contribution is 7.10. The molecule has 24 heteroatoms. The van der Waals surface area contributed by atoms with Gasteiger partial charge in [0.25, 0.3) is 12.3 Å². The number of carbonyl (C=O) groups excluding carboxylic acids is 4. The number of likely N-dealkylation sites (tertiary alicyclic amines) is 1. The van der Waals surface area contributed by atoms with Crippen molar-refractivity contribution in [3.63, 3.8) is 0 Å². The van der Waals surface area contributed by atoms with Gasteiger partial charge in [-0.1, -0.05) is 43.5 Å². The number of benzene rings is 2. The summed E-state index contributed by atoms with van der Waals surface area (Å²) < 4.78 is 63.5. The third-order valence-electron chi connectivity index (χ3n) is 15.0. The van der Waals surface area contributed by atoms with Crippen LogP contribution in [0.5, 0.6) is 5.75 Å². The molecule has 5 heterocycles. The first-order chi connectivity index (χ1) is 41.0. The van der Waals surface area contributed by atoms with Crippen LogP contribution in [0.25, 0.3) is 17.1 Å². The van der Waals surface area contributed by atoms with E-state index < -0.39 is 30.1 Å². The lowest BCUT2D eigenvalue weighted by atomic mass is 9.83. The molecular weight excluding hydrogens is 1100 g/mol. The molecule has 1 aliphatic heterocycles. The van der Waals surface area contributed by atoms with Gasteiger partial charge in [-0.15, -0.1) is 11.3 Å². The van der Waals surface area contributed by atoms with Crippen LogP contribution in [0.2, 0.25) is 0 Å². The Kier molecular flexibility index (Phi) is 22.8. The lowest BCUT2D eigenvalue weighted by molar-refractivity contribution is -0.139. The van der Waals surface area contributed by atoms with Crippen molar-refractivity contribution in [3.8, 4) is 22.9 Å². The Hall–Kier alpha value is -7.06. The maximum atomic E-state index is 14.2. The van der Waals surface area contributed by atoms with Crippen LogP contribution in [-0.2, 0) is 35.1 Å². The first-order valence-corrected chi connectivity index (χ1v) is 29.9. The van der Waals surface area contributed by atoms with Crippen LogP contribution in [0.1, 0.15) is 120 Å². The van der Waals surface area contributed by atoms with E-state index in [4.69, 9.17) is 33.1 Å². The zero-order valence-electron chi connectivity index (χ0n) is 47.5. The van der Waals surface area contributed by atoms with Gasteiger partial charge in [0.2, 0.25) is 23.5 Å². The van der Waals surface area contributed by atoms with Crippen molar-refractivity contribution in [1.82, 2.24) is 45.6 Å². The fraction of sp³-hybridized carbons (Fsp3) is 0.500. The summed E-state index contributed by atoms with van der Waals surface area (Å²) in [4.78, 5) is 69.2. The minimum absolute atomic E-state index is 0.0684. The molecule has 84 heavy (non-hydrogen) atoms. The van der Waals surface area contributed by atoms with Gasteiger partial charge in [0.05, 0.1) is 82.5 Å². The summed E-state index contributed by atoms with van der Waals surface area (Å²) in [7, 11) is 1.73. The van der Waals surface area contributed by atoms with Gasteiger partial charge in [0, 0.05) is 48.9 Å². The Bertz CT molecular complexity index is 3080. The van der Waals surface area contributed by atoms with Crippen LogP contribution < -0.4 is 31.3 Å². The second kappa shape index (κ2) is 31.2. The molecule has 3 aliphatic rings. The molecule has 450 valence electrons.